The first-order chi connectivity index (χ1) is 10.6. The first-order valence-corrected chi connectivity index (χ1v) is 8.10. The maximum absolute atomic E-state index is 12.5. The van der Waals surface area contributed by atoms with Gasteiger partial charge in [0.25, 0.3) is 5.56 Å². The molecule has 0 aliphatic heterocycles. The smallest absolute Gasteiger partial charge is 0.364 e. The lowest BCUT2D eigenvalue weighted by Gasteiger charge is -2.11. The average molecular weight is 340 g/mol. The van der Waals surface area contributed by atoms with Crippen LogP contribution in [-0.2, 0) is 11.3 Å². The minimum absolute atomic E-state index is 0.168. The second-order valence-electron chi connectivity index (χ2n) is 4.27. The van der Waals surface area contributed by atoms with Crippen molar-refractivity contribution in [2.45, 2.75) is 18.6 Å². The number of carbonyl (C=O) groups excluding carboxylic acids is 1. The van der Waals surface area contributed by atoms with Crippen molar-refractivity contribution in [3.8, 4) is 0 Å². The highest BCUT2D eigenvalue weighted by Gasteiger charge is 2.19. The molecule has 0 N–H and O–H groups in total. The lowest BCUT2D eigenvalue weighted by molar-refractivity contribution is 0.0513. The van der Waals surface area contributed by atoms with E-state index in [1.807, 2.05) is 12.1 Å². The fraction of sp³-hybridized carbons (Fsp3) is 0.286. The molecule has 2 rings (SSSR count). The Labute approximate surface area is 136 Å². The van der Waals surface area contributed by atoms with Crippen LogP contribution in [0, 0.1) is 0 Å². The zero-order chi connectivity index (χ0) is 16.1. The first kappa shape index (κ1) is 16.5. The van der Waals surface area contributed by atoms with E-state index in [4.69, 9.17) is 16.3 Å². The SMILES string of the molecule is CCOC(=O)c1nnc(SC)n(Cc2ccc(Cl)cc2)c1=O. The summed E-state index contributed by atoms with van der Waals surface area (Å²) in [6.07, 6.45) is 1.78. The van der Waals surface area contributed by atoms with Crippen LogP contribution in [0.3, 0.4) is 0 Å². The van der Waals surface area contributed by atoms with Crippen LogP contribution in [-0.4, -0.2) is 33.6 Å². The molecule has 0 bridgehead atoms. The van der Waals surface area contributed by atoms with Crippen LogP contribution in [0.4, 0.5) is 0 Å². The van der Waals surface area contributed by atoms with E-state index in [2.05, 4.69) is 10.2 Å². The van der Waals surface area contributed by atoms with Gasteiger partial charge >= 0.3 is 5.97 Å². The molecule has 0 spiro atoms. The Morgan fingerprint density at radius 3 is 2.59 bits per heavy atom. The summed E-state index contributed by atoms with van der Waals surface area (Å²) >= 11 is 7.13. The molecular formula is C14H14ClN3O3S. The number of hydrogen-bond acceptors (Lipinski definition) is 6. The highest BCUT2D eigenvalue weighted by atomic mass is 35.5. The summed E-state index contributed by atoms with van der Waals surface area (Å²) in [4.78, 5) is 24.2. The zero-order valence-corrected chi connectivity index (χ0v) is 13.6. The molecule has 0 saturated heterocycles. The van der Waals surface area contributed by atoms with Crippen molar-refractivity contribution in [2.75, 3.05) is 12.9 Å². The molecule has 1 heterocycles. The molecule has 6 nitrogen and oxygen atoms in total. The lowest BCUT2D eigenvalue weighted by Crippen LogP contribution is -2.31. The van der Waals surface area contributed by atoms with Gasteiger partial charge in [-0.2, -0.15) is 0 Å². The van der Waals surface area contributed by atoms with E-state index in [0.717, 1.165) is 5.56 Å². The third-order valence-corrected chi connectivity index (χ3v) is 3.74. The summed E-state index contributed by atoms with van der Waals surface area (Å²) in [7, 11) is 0. The Bertz CT molecular complexity index is 731. The summed E-state index contributed by atoms with van der Waals surface area (Å²) in [5.74, 6) is -0.766. The molecule has 116 valence electrons. The van der Waals surface area contributed by atoms with E-state index >= 15 is 0 Å². The van der Waals surface area contributed by atoms with Crippen LogP contribution in [0.2, 0.25) is 5.02 Å². The van der Waals surface area contributed by atoms with Crippen molar-refractivity contribution in [1.82, 2.24) is 14.8 Å². The van der Waals surface area contributed by atoms with Crippen molar-refractivity contribution < 1.29 is 9.53 Å². The van der Waals surface area contributed by atoms with Gasteiger partial charge in [-0.15, -0.1) is 10.2 Å². The number of rotatable bonds is 5. The van der Waals surface area contributed by atoms with Crippen LogP contribution in [0.25, 0.3) is 0 Å². The van der Waals surface area contributed by atoms with Gasteiger partial charge < -0.3 is 4.74 Å². The van der Waals surface area contributed by atoms with Crippen molar-refractivity contribution >= 4 is 29.3 Å². The molecule has 0 unspecified atom stereocenters. The Kier molecular flexibility index (Phi) is 5.57. The average Bonchev–Trinajstić information content (AvgIpc) is 2.51. The molecule has 22 heavy (non-hydrogen) atoms. The van der Waals surface area contributed by atoms with E-state index in [1.165, 1.54) is 16.3 Å². The van der Waals surface area contributed by atoms with Crippen LogP contribution in [0.15, 0.2) is 34.2 Å². The molecule has 0 saturated carbocycles. The Hall–Kier alpha value is -1.86. The molecule has 0 atom stereocenters. The second kappa shape index (κ2) is 7.42. The van der Waals surface area contributed by atoms with Gasteiger partial charge in [0.1, 0.15) is 0 Å². The van der Waals surface area contributed by atoms with Gasteiger partial charge in [0.15, 0.2) is 5.16 Å². The second-order valence-corrected chi connectivity index (χ2v) is 5.48. The predicted molar refractivity (Wildman–Crippen MR) is 84.6 cm³/mol. The topological polar surface area (TPSA) is 74.1 Å². The van der Waals surface area contributed by atoms with Gasteiger partial charge in [-0.1, -0.05) is 35.5 Å². The minimum atomic E-state index is -0.766. The number of esters is 1. The van der Waals surface area contributed by atoms with E-state index in [9.17, 15) is 9.59 Å². The molecule has 2 aromatic rings. The van der Waals surface area contributed by atoms with Crippen molar-refractivity contribution in [3.05, 3.63) is 50.9 Å². The largest absolute Gasteiger partial charge is 0.461 e. The maximum atomic E-state index is 12.5. The minimum Gasteiger partial charge on any atom is -0.461 e. The number of aromatic nitrogens is 3. The first-order valence-electron chi connectivity index (χ1n) is 6.50. The third-order valence-electron chi connectivity index (χ3n) is 2.82. The highest BCUT2D eigenvalue weighted by Crippen LogP contribution is 2.14. The van der Waals surface area contributed by atoms with Crippen molar-refractivity contribution in [1.29, 1.82) is 0 Å². The number of benzene rings is 1. The molecule has 8 heteroatoms. The van der Waals surface area contributed by atoms with Gasteiger partial charge in [-0.3, -0.25) is 9.36 Å². The van der Waals surface area contributed by atoms with Gasteiger partial charge in [0.05, 0.1) is 13.2 Å². The fourth-order valence-corrected chi connectivity index (χ4v) is 2.41. The highest BCUT2D eigenvalue weighted by molar-refractivity contribution is 7.98. The van der Waals surface area contributed by atoms with Gasteiger partial charge in [0, 0.05) is 5.02 Å². The fourth-order valence-electron chi connectivity index (χ4n) is 1.79. The van der Waals surface area contributed by atoms with Crippen LogP contribution in [0.5, 0.6) is 0 Å². The Morgan fingerprint density at radius 2 is 2.00 bits per heavy atom. The summed E-state index contributed by atoms with van der Waals surface area (Å²) in [5, 5.41) is 8.64. The molecule has 0 amide bonds. The summed E-state index contributed by atoms with van der Waals surface area (Å²) < 4.78 is 6.22. The van der Waals surface area contributed by atoms with E-state index in [-0.39, 0.29) is 18.8 Å². The van der Waals surface area contributed by atoms with Crippen molar-refractivity contribution in [2.24, 2.45) is 0 Å². The standard InChI is InChI=1S/C14H14ClN3O3S/c1-3-21-13(20)11-12(19)18(14(22-2)17-16-11)8-9-4-6-10(15)7-5-9/h4-7H,3,8H2,1-2H3. The van der Waals surface area contributed by atoms with Gasteiger partial charge in [-0.25, -0.2) is 4.79 Å². The normalized spacial score (nSPS) is 10.5. The molecule has 0 aliphatic carbocycles. The van der Waals surface area contributed by atoms with E-state index in [0.29, 0.717) is 10.2 Å². The van der Waals surface area contributed by atoms with Crippen LogP contribution in [0.1, 0.15) is 23.0 Å². The molecule has 0 aliphatic rings. The predicted octanol–water partition coefficient (Wildman–Crippen LogP) is 2.24. The third kappa shape index (κ3) is 3.66. The Morgan fingerprint density at radius 1 is 1.32 bits per heavy atom. The summed E-state index contributed by atoms with van der Waals surface area (Å²) in [6.45, 7) is 2.10. The maximum Gasteiger partial charge on any atom is 0.364 e. The molecule has 0 radical (unpaired) electrons. The summed E-state index contributed by atoms with van der Waals surface area (Å²) in [6, 6.07) is 7.09. The molecule has 1 aromatic heterocycles. The van der Waals surface area contributed by atoms with Gasteiger partial charge in [-0.05, 0) is 30.9 Å². The zero-order valence-electron chi connectivity index (χ0n) is 12.1. The van der Waals surface area contributed by atoms with E-state index < -0.39 is 11.5 Å². The number of hydrogen-bond donors (Lipinski definition) is 0. The quantitative estimate of drug-likeness (QED) is 0.614. The van der Waals surface area contributed by atoms with Crippen molar-refractivity contribution in [3.63, 3.8) is 0 Å². The van der Waals surface area contributed by atoms with Crippen LogP contribution >= 0.6 is 23.4 Å². The molecule has 1 aromatic carbocycles. The molecular weight excluding hydrogens is 326 g/mol. The molecule has 0 fully saturated rings. The summed E-state index contributed by atoms with van der Waals surface area (Å²) in [5.41, 5.74) is 0.0333. The Balaban J connectivity index is 2.43. The number of carbonyl (C=O) groups is 1. The number of nitrogens with zero attached hydrogens (tertiary/aromatic N) is 3. The van der Waals surface area contributed by atoms with Crippen LogP contribution < -0.4 is 5.56 Å². The number of halogens is 1. The monoisotopic (exact) mass is 339 g/mol. The lowest BCUT2D eigenvalue weighted by atomic mass is 10.2. The van der Waals surface area contributed by atoms with E-state index in [1.54, 1.807) is 25.3 Å². The van der Waals surface area contributed by atoms with Gasteiger partial charge in [0.2, 0.25) is 5.69 Å². The number of thioether (sulfide) groups is 1. The number of ether oxygens (including phenoxy) is 1.